The van der Waals surface area contributed by atoms with Crippen LogP contribution in [0.5, 0.6) is 0 Å². The van der Waals surface area contributed by atoms with Crippen LogP contribution in [0.3, 0.4) is 0 Å². The molecule has 1 atom stereocenters. The maximum Gasteiger partial charge on any atom is 0.343 e. The predicted molar refractivity (Wildman–Crippen MR) is 63.1 cm³/mol. The van der Waals surface area contributed by atoms with Gasteiger partial charge in [0, 0.05) is 7.11 Å². The third kappa shape index (κ3) is 4.26. The van der Waals surface area contributed by atoms with Gasteiger partial charge in [-0.05, 0) is 33.1 Å². The van der Waals surface area contributed by atoms with Crippen molar-refractivity contribution in [3.63, 3.8) is 0 Å². The van der Waals surface area contributed by atoms with E-state index < -0.39 is 17.2 Å². The van der Waals surface area contributed by atoms with Gasteiger partial charge in [-0.2, -0.15) is 0 Å². The van der Waals surface area contributed by atoms with E-state index in [1.165, 1.54) is 7.11 Å². The van der Waals surface area contributed by atoms with Crippen LogP contribution in [0, 0.1) is 5.92 Å². The number of hydrogen-bond acceptors (Lipinski definition) is 5. The molecule has 1 aliphatic rings. The van der Waals surface area contributed by atoms with Crippen LogP contribution in [0.25, 0.3) is 0 Å². The fraction of sp³-hybridized carbons (Fsp3) is 0.917. The quantitative estimate of drug-likeness (QED) is 0.566. The normalized spacial score (nSPS) is 19.8. The van der Waals surface area contributed by atoms with Crippen molar-refractivity contribution < 1.29 is 19.1 Å². The summed E-state index contributed by atoms with van der Waals surface area (Å²) in [7, 11) is 1.52. The van der Waals surface area contributed by atoms with Gasteiger partial charge in [0.15, 0.2) is 0 Å². The number of ether oxygens (including phenoxy) is 2. The van der Waals surface area contributed by atoms with Crippen molar-refractivity contribution in [2.24, 2.45) is 11.8 Å². The Balaban J connectivity index is 2.74. The molecule has 5 heteroatoms. The number of methoxy groups -OCH3 is 1. The molecule has 1 aliphatic carbocycles. The summed E-state index contributed by atoms with van der Waals surface area (Å²) in [5.41, 5.74) is -1.72. The lowest BCUT2D eigenvalue weighted by molar-refractivity contribution is -0.194. The smallest absolute Gasteiger partial charge is 0.343 e. The lowest BCUT2D eigenvalue weighted by Gasteiger charge is -2.32. The van der Waals surface area contributed by atoms with Gasteiger partial charge in [0.25, 0.3) is 0 Å². The maximum atomic E-state index is 12.2. The van der Waals surface area contributed by atoms with E-state index in [0.717, 1.165) is 12.8 Å². The summed E-state index contributed by atoms with van der Waals surface area (Å²) in [6.45, 7) is 5.57. The topological polar surface area (TPSA) is 70.8 Å². The number of esters is 1. The maximum absolute atomic E-state index is 12.2. The number of carbonyl (C=O) groups excluding carboxylic acids is 1. The molecular weight excluding hydrogens is 222 g/mol. The minimum Gasteiger partial charge on any atom is -0.458 e. The van der Waals surface area contributed by atoms with Crippen molar-refractivity contribution >= 4 is 5.97 Å². The van der Waals surface area contributed by atoms with Gasteiger partial charge in [0.2, 0.25) is 5.60 Å². The van der Waals surface area contributed by atoms with E-state index in [1.54, 1.807) is 0 Å². The predicted octanol–water partition coefficient (Wildman–Crippen LogP) is 1.40. The largest absolute Gasteiger partial charge is 0.458 e. The van der Waals surface area contributed by atoms with E-state index in [2.05, 4.69) is 0 Å². The zero-order chi connectivity index (χ0) is 13.1. The van der Waals surface area contributed by atoms with Gasteiger partial charge in [0.1, 0.15) is 5.60 Å². The van der Waals surface area contributed by atoms with E-state index in [0.29, 0.717) is 12.3 Å². The highest BCUT2D eigenvalue weighted by molar-refractivity contribution is 5.80. The number of carbonyl (C=O) groups is 1. The van der Waals surface area contributed by atoms with Crippen molar-refractivity contribution in [2.75, 3.05) is 13.7 Å². The van der Waals surface area contributed by atoms with Gasteiger partial charge in [-0.1, -0.05) is 12.8 Å². The van der Waals surface area contributed by atoms with Crippen LogP contribution in [-0.2, 0) is 19.1 Å². The highest BCUT2D eigenvalue weighted by atomic mass is 16.7. The molecule has 0 unspecified atom stereocenters. The first kappa shape index (κ1) is 14.4. The lowest BCUT2D eigenvalue weighted by Crippen LogP contribution is -2.51. The van der Waals surface area contributed by atoms with Crippen LogP contribution in [0.4, 0.5) is 0 Å². The Morgan fingerprint density at radius 3 is 2.29 bits per heavy atom. The van der Waals surface area contributed by atoms with Crippen LogP contribution in [0.1, 0.15) is 40.0 Å². The van der Waals surface area contributed by atoms with Gasteiger partial charge in [-0.25, -0.2) is 10.7 Å². The Morgan fingerprint density at radius 2 is 1.94 bits per heavy atom. The van der Waals surface area contributed by atoms with E-state index in [9.17, 15) is 4.79 Å². The van der Waals surface area contributed by atoms with Crippen molar-refractivity contribution in [3.8, 4) is 0 Å². The SMILES string of the molecule is COC[C@@](CC1CC1)(ON)C(=O)OC(C)(C)C. The standard InChI is InChI=1S/C12H23NO4/c1-11(2,3)16-10(14)12(17-13,8-15-4)7-9-5-6-9/h9H,5-8,13H2,1-4H3/t12-/m1/s1. The molecule has 0 aromatic carbocycles. The summed E-state index contributed by atoms with van der Waals surface area (Å²) in [6, 6.07) is 0. The molecule has 5 nitrogen and oxygen atoms in total. The fourth-order valence-electron chi connectivity index (χ4n) is 1.72. The molecule has 0 amide bonds. The van der Waals surface area contributed by atoms with Crippen molar-refractivity contribution in [1.82, 2.24) is 0 Å². The van der Waals surface area contributed by atoms with Crippen LogP contribution in [0.2, 0.25) is 0 Å². The van der Waals surface area contributed by atoms with Crippen molar-refractivity contribution in [2.45, 2.75) is 51.2 Å². The Kier molecular flexibility index (Phi) is 4.52. The highest BCUT2D eigenvalue weighted by Crippen LogP contribution is 2.38. The van der Waals surface area contributed by atoms with E-state index in [4.69, 9.17) is 20.2 Å². The first-order chi connectivity index (χ1) is 7.83. The average Bonchev–Trinajstić information content (AvgIpc) is 2.98. The van der Waals surface area contributed by atoms with E-state index >= 15 is 0 Å². The molecule has 2 N–H and O–H groups in total. The van der Waals surface area contributed by atoms with Crippen molar-refractivity contribution in [3.05, 3.63) is 0 Å². The summed E-state index contributed by atoms with van der Waals surface area (Å²) in [4.78, 5) is 17.1. The summed E-state index contributed by atoms with van der Waals surface area (Å²) in [6.07, 6.45) is 2.78. The third-order valence-electron chi connectivity index (χ3n) is 2.69. The fourth-order valence-corrected chi connectivity index (χ4v) is 1.72. The van der Waals surface area contributed by atoms with Gasteiger partial charge in [0.05, 0.1) is 6.61 Å². The van der Waals surface area contributed by atoms with Gasteiger partial charge >= 0.3 is 5.97 Å². The zero-order valence-corrected chi connectivity index (χ0v) is 11.1. The molecule has 1 saturated carbocycles. The molecule has 100 valence electrons. The molecule has 0 spiro atoms. The Bertz CT molecular complexity index is 270. The molecule has 17 heavy (non-hydrogen) atoms. The number of rotatable bonds is 6. The van der Waals surface area contributed by atoms with E-state index in [-0.39, 0.29) is 6.61 Å². The number of hydrogen-bond donors (Lipinski definition) is 1. The summed E-state index contributed by atoms with van der Waals surface area (Å²) >= 11 is 0. The second-order valence-corrected chi connectivity index (χ2v) is 5.69. The van der Waals surface area contributed by atoms with Gasteiger partial charge in [-0.3, -0.25) is 4.84 Å². The molecule has 0 aromatic heterocycles. The van der Waals surface area contributed by atoms with Gasteiger partial charge < -0.3 is 9.47 Å². The molecule has 0 saturated heterocycles. The highest BCUT2D eigenvalue weighted by Gasteiger charge is 2.47. The lowest BCUT2D eigenvalue weighted by atomic mass is 9.97. The molecular formula is C12H23NO4. The van der Waals surface area contributed by atoms with Crippen LogP contribution in [-0.4, -0.2) is 30.9 Å². The minimum atomic E-state index is -1.16. The Labute approximate surface area is 103 Å². The summed E-state index contributed by atoms with van der Waals surface area (Å²) < 4.78 is 10.4. The van der Waals surface area contributed by atoms with Crippen LogP contribution in [0.15, 0.2) is 0 Å². The van der Waals surface area contributed by atoms with Crippen LogP contribution < -0.4 is 5.90 Å². The molecule has 0 bridgehead atoms. The monoisotopic (exact) mass is 245 g/mol. The number of nitrogens with two attached hydrogens (primary N) is 1. The first-order valence-corrected chi connectivity index (χ1v) is 5.93. The molecule has 1 rings (SSSR count). The van der Waals surface area contributed by atoms with Crippen molar-refractivity contribution in [1.29, 1.82) is 0 Å². The minimum absolute atomic E-state index is 0.120. The zero-order valence-electron chi connectivity index (χ0n) is 11.1. The Hall–Kier alpha value is -0.650. The molecule has 0 heterocycles. The second-order valence-electron chi connectivity index (χ2n) is 5.69. The molecule has 0 aliphatic heterocycles. The summed E-state index contributed by atoms with van der Waals surface area (Å²) in [5, 5.41) is 0. The average molecular weight is 245 g/mol. The second kappa shape index (κ2) is 5.33. The molecule has 0 aromatic rings. The van der Waals surface area contributed by atoms with Gasteiger partial charge in [-0.15, -0.1) is 0 Å². The molecule has 0 radical (unpaired) electrons. The van der Waals surface area contributed by atoms with Crippen LogP contribution >= 0.6 is 0 Å². The van der Waals surface area contributed by atoms with E-state index in [1.807, 2.05) is 20.8 Å². The third-order valence-corrected chi connectivity index (χ3v) is 2.69. The molecule has 1 fully saturated rings. The Morgan fingerprint density at radius 1 is 1.35 bits per heavy atom. The summed E-state index contributed by atoms with van der Waals surface area (Å²) in [5.74, 6) is 5.35. The first-order valence-electron chi connectivity index (χ1n) is 5.93.